The SMILES string of the molecule is CCCc1c(N)ncnc1N1CC2CCC1C2. The van der Waals surface area contributed by atoms with E-state index in [4.69, 9.17) is 5.73 Å². The number of hydrogen-bond acceptors (Lipinski definition) is 4. The number of fused-ring (bicyclic) bond motifs is 2. The van der Waals surface area contributed by atoms with Crippen LogP contribution in [0.1, 0.15) is 38.2 Å². The maximum atomic E-state index is 6.00. The average Bonchev–Trinajstić information content (AvgIpc) is 2.94. The van der Waals surface area contributed by atoms with Crippen LogP contribution in [-0.2, 0) is 6.42 Å². The van der Waals surface area contributed by atoms with E-state index in [0.717, 1.165) is 36.7 Å². The van der Waals surface area contributed by atoms with Gasteiger partial charge >= 0.3 is 0 Å². The third-order valence-corrected chi connectivity index (χ3v) is 4.14. The molecule has 1 aliphatic carbocycles. The van der Waals surface area contributed by atoms with Crippen molar-refractivity contribution in [1.29, 1.82) is 0 Å². The fraction of sp³-hybridized carbons (Fsp3) is 0.692. The Bertz CT molecular complexity index is 418. The van der Waals surface area contributed by atoms with Crippen LogP contribution in [0, 0.1) is 5.92 Å². The first-order valence-corrected chi connectivity index (χ1v) is 6.65. The second-order valence-electron chi connectivity index (χ2n) is 5.30. The van der Waals surface area contributed by atoms with E-state index in [2.05, 4.69) is 21.8 Å². The van der Waals surface area contributed by atoms with E-state index in [0.29, 0.717) is 11.9 Å². The van der Waals surface area contributed by atoms with Crippen molar-refractivity contribution in [3.05, 3.63) is 11.9 Å². The monoisotopic (exact) mass is 232 g/mol. The Kier molecular flexibility index (Phi) is 2.65. The molecule has 0 radical (unpaired) electrons. The summed E-state index contributed by atoms with van der Waals surface area (Å²) in [7, 11) is 0. The summed E-state index contributed by atoms with van der Waals surface area (Å²) < 4.78 is 0. The van der Waals surface area contributed by atoms with Crippen LogP contribution in [0.5, 0.6) is 0 Å². The smallest absolute Gasteiger partial charge is 0.137 e. The topological polar surface area (TPSA) is 55.0 Å². The molecule has 4 nitrogen and oxygen atoms in total. The summed E-state index contributed by atoms with van der Waals surface area (Å²) in [6.45, 7) is 3.34. The molecule has 2 bridgehead atoms. The minimum atomic E-state index is 0.666. The fourth-order valence-electron chi connectivity index (χ4n) is 3.34. The Morgan fingerprint density at radius 1 is 1.41 bits per heavy atom. The molecule has 2 unspecified atom stereocenters. The van der Waals surface area contributed by atoms with E-state index in [9.17, 15) is 0 Å². The number of hydrogen-bond donors (Lipinski definition) is 1. The van der Waals surface area contributed by atoms with Crippen molar-refractivity contribution in [1.82, 2.24) is 9.97 Å². The molecular weight excluding hydrogens is 212 g/mol. The molecule has 2 fully saturated rings. The molecule has 1 aliphatic heterocycles. The molecule has 2 heterocycles. The minimum Gasteiger partial charge on any atom is -0.383 e. The van der Waals surface area contributed by atoms with Gasteiger partial charge in [-0.2, -0.15) is 0 Å². The quantitative estimate of drug-likeness (QED) is 0.866. The van der Waals surface area contributed by atoms with Crippen molar-refractivity contribution in [2.24, 2.45) is 5.92 Å². The predicted octanol–water partition coefficient (Wildman–Crippen LogP) is 2.00. The number of aromatic nitrogens is 2. The van der Waals surface area contributed by atoms with Crippen molar-refractivity contribution in [2.45, 2.75) is 45.1 Å². The Balaban J connectivity index is 1.94. The highest BCUT2D eigenvalue weighted by Crippen LogP contribution is 2.41. The molecule has 1 saturated heterocycles. The molecule has 2 atom stereocenters. The van der Waals surface area contributed by atoms with Gasteiger partial charge in [-0.15, -0.1) is 0 Å². The van der Waals surface area contributed by atoms with E-state index in [1.165, 1.54) is 19.3 Å². The summed E-state index contributed by atoms with van der Waals surface area (Å²) in [5.41, 5.74) is 7.15. The van der Waals surface area contributed by atoms with Gasteiger partial charge in [0.2, 0.25) is 0 Å². The Hall–Kier alpha value is -1.32. The Morgan fingerprint density at radius 3 is 2.94 bits per heavy atom. The molecule has 1 aromatic rings. The molecule has 0 aromatic carbocycles. The zero-order valence-corrected chi connectivity index (χ0v) is 10.4. The van der Waals surface area contributed by atoms with Gasteiger partial charge in [0.1, 0.15) is 18.0 Å². The minimum absolute atomic E-state index is 0.666. The molecule has 4 heteroatoms. The normalized spacial score (nSPS) is 26.8. The van der Waals surface area contributed by atoms with E-state index in [1.807, 2.05) is 0 Å². The van der Waals surface area contributed by atoms with Gasteiger partial charge in [0.15, 0.2) is 0 Å². The number of piperidine rings is 1. The molecule has 0 spiro atoms. The van der Waals surface area contributed by atoms with Crippen LogP contribution in [0.2, 0.25) is 0 Å². The maximum absolute atomic E-state index is 6.00. The van der Waals surface area contributed by atoms with E-state index in [1.54, 1.807) is 6.33 Å². The largest absolute Gasteiger partial charge is 0.383 e. The van der Waals surface area contributed by atoms with Gasteiger partial charge in [0.05, 0.1) is 0 Å². The lowest BCUT2D eigenvalue weighted by Crippen LogP contribution is -2.33. The summed E-state index contributed by atoms with van der Waals surface area (Å²) >= 11 is 0. The van der Waals surface area contributed by atoms with Gasteiger partial charge < -0.3 is 10.6 Å². The first-order valence-electron chi connectivity index (χ1n) is 6.65. The van der Waals surface area contributed by atoms with Crippen molar-refractivity contribution < 1.29 is 0 Å². The summed E-state index contributed by atoms with van der Waals surface area (Å²) in [6, 6.07) is 0.699. The molecule has 92 valence electrons. The molecule has 1 saturated carbocycles. The zero-order valence-electron chi connectivity index (χ0n) is 10.4. The maximum Gasteiger partial charge on any atom is 0.137 e. The van der Waals surface area contributed by atoms with Crippen LogP contribution in [-0.4, -0.2) is 22.6 Å². The van der Waals surface area contributed by atoms with Crippen molar-refractivity contribution in [3.8, 4) is 0 Å². The molecular formula is C13H20N4. The summed E-state index contributed by atoms with van der Waals surface area (Å²) in [6.07, 6.45) is 7.73. The van der Waals surface area contributed by atoms with Crippen LogP contribution in [0.15, 0.2) is 6.33 Å². The van der Waals surface area contributed by atoms with Gasteiger partial charge in [-0.3, -0.25) is 0 Å². The van der Waals surface area contributed by atoms with E-state index in [-0.39, 0.29) is 0 Å². The highest BCUT2D eigenvalue weighted by molar-refractivity contribution is 5.58. The van der Waals surface area contributed by atoms with Gasteiger partial charge in [0, 0.05) is 18.2 Å². The number of nitrogen functional groups attached to an aromatic ring is 1. The van der Waals surface area contributed by atoms with E-state index >= 15 is 0 Å². The first-order chi connectivity index (χ1) is 8.29. The van der Waals surface area contributed by atoms with Crippen LogP contribution in [0.25, 0.3) is 0 Å². The van der Waals surface area contributed by atoms with Crippen molar-refractivity contribution >= 4 is 11.6 Å². The number of nitrogens with zero attached hydrogens (tertiary/aromatic N) is 3. The van der Waals surface area contributed by atoms with Gasteiger partial charge in [-0.05, 0) is 31.6 Å². The van der Waals surface area contributed by atoms with Crippen LogP contribution in [0.4, 0.5) is 11.6 Å². The summed E-state index contributed by atoms with van der Waals surface area (Å²) in [5, 5.41) is 0. The highest BCUT2D eigenvalue weighted by atomic mass is 15.3. The van der Waals surface area contributed by atoms with Gasteiger partial charge in [-0.25, -0.2) is 9.97 Å². The van der Waals surface area contributed by atoms with Crippen LogP contribution < -0.4 is 10.6 Å². The lowest BCUT2D eigenvalue weighted by Gasteiger charge is -2.29. The molecule has 1 aromatic heterocycles. The molecule has 0 amide bonds. The zero-order chi connectivity index (χ0) is 11.8. The van der Waals surface area contributed by atoms with Crippen LogP contribution >= 0.6 is 0 Å². The summed E-state index contributed by atoms with van der Waals surface area (Å²) in [5.74, 6) is 2.65. The van der Waals surface area contributed by atoms with Crippen LogP contribution in [0.3, 0.4) is 0 Å². The number of nitrogens with two attached hydrogens (primary N) is 1. The summed E-state index contributed by atoms with van der Waals surface area (Å²) in [4.78, 5) is 11.1. The lowest BCUT2D eigenvalue weighted by atomic mass is 10.1. The third kappa shape index (κ3) is 1.75. The standard InChI is InChI=1S/C13H20N4/c1-2-3-11-12(14)15-8-16-13(11)17-7-9-4-5-10(17)6-9/h8-10H,2-7H2,1H3,(H2,14,15,16). The second kappa shape index (κ2) is 4.17. The molecule has 2 N–H and O–H groups in total. The van der Waals surface area contributed by atoms with Crippen molar-refractivity contribution in [3.63, 3.8) is 0 Å². The molecule has 3 rings (SSSR count). The highest BCUT2D eigenvalue weighted by Gasteiger charge is 2.39. The number of anilines is 2. The second-order valence-corrected chi connectivity index (χ2v) is 5.30. The Morgan fingerprint density at radius 2 is 2.29 bits per heavy atom. The number of rotatable bonds is 3. The molecule has 17 heavy (non-hydrogen) atoms. The predicted molar refractivity (Wildman–Crippen MR) is 68.9 cm³/mol. The lowest BCUT2D eigenvalue weighted by molar-refractivity contribution is 0.548. The van der Waals surface area contributed by atoms with E-state index < -0.39 is 0 Å². The first kappa shape index (κ1) is 10.8. The molecule has 2 aliphatic rings. The Labute approximate surface area is 102 Å². The van der Waals surface area contributed by atoms with Crippen molar-refractivity contribution in [2.75, 3.05) is 17.2 Å². The fourth-order valence-corrected chi connectivity index (χ4v) is 3.34. The third-order valence-electron chi connectivity index (χ3n) is 4.14. The van der Waals surface area contributed by atoms with Gasteiger partial charge in [0.25, 0.3) is 0 Å². The van der Waals surface area contributed by atoms with Gasteiger partial charge in [-0.1, -0.05) is 13.3 Å². The average molecular weight is 232 g/mol.